The van der Waals surface area contributed by atoms with Gasteiger partial charge in [0.15, 0.2) is 0 Å². The van der Waals surface area contributed by atoms with E-state index in [4.69, 9.17) is 27.5 Å². The van der Waals surface area contributed by atoms with Crippen LogP contribution in [0.1, 0.15) is 46.5 Å². The summed E-state index contributed by atoms with van der Waals surface area (Å²) in [7, 11) is 0. The number of hydrogen-bond donors (Lipinski definition) is 1. The van der Waals surface area contributed by atoms with Crippen molar-refractivity contribution in [2.75, 3.05) is 18.1 Å². The average Bonchev–Trinajstić information content (AvgIpc) is 2.68. The molecule has 1 atom stereocenters. The molecule has 1 heterocycles. The lowest BCUT2D eigenvalue weighted by Gasteiger charge is -2.44. The Hall–Kier alpha value is -2.23. The number of terminal acetylenes is 1. The lowest BCUT2D eigenvalue weighted by Crippen LogP contribution is -2.60. The summed E-state index contributed by atoms with van der Waals surface area (Å²) in [5, 5.41) is 10.4. The quantitative estimate of drug-likeness (QED) is 0.682. The van der Waals surface area contributed by atoms with Gasteiger partial charge in [-0.05, 0) is 68.1 Å². The van der Waals surface area contributed by atoms with E-state index in [1.54, 1.807) is 18.2 Å². The molecule has 162 valence electrons. The molecular formula is C23H28ClNO5. The zero-order chi connectivity index (χ0) is 22.1. The summed E-state index contributed by atoms with van der Waals surface area (Å²) < 4.78 is 11.4. The Bertz CT molecular complexity index is 863. The number of benzene rings is 1. The number of aliphatic carboxylic acids is 1. The van der Waals surface area contributed by atoms with Gasteiger partial charge < -0.3 is 14.6 Å². The topological polar surface area (TPSA) is 76.1 Å². The number of ether oxygens (including phenoxy) is 2. The van der Waals surface area contributed by atoms with Crippen LogP contribution in [-0.2, 0) is 14.3 Å². The van der Waals surface area contributed by atoms with Crippen LogP contribution in [0.5, 0.6) is 5.75 Å². The number of carbonyl (C=O) groups excluding carboxylic acids is 1. The highest BCUT2D eigenvalue weighted by Gasteiger charge is 2.49. The predicted molar refractivity (Wildman–Crippen MR) is 115 cm³/mol. The molecule has 2 aliphatic rings. The third-order valence-electron chi connectivity index (χ3n) is 6.27. The van der Waals surface area contributed by atoms with Gasteiger partial charge in [0.25, 0.3) is 0 Å². The van der Waals surface area contributed by atoms with E-state index >= 15 is 0 Å². The summed E-state index contributed by atoms with van der Waals surface area (Å²) in [5.74, 6) is 0.430. The van der Waals surface area contributed by atoms with Crippen LogP contribution in [0.15, 0.2) is 18.2 Å². The standard InChI is InChI=1S/C23H28ClNO5/c1-5-20(26)25(23(4,21(27)28)15-8-10-29-11-9-15)16-6-7-19(18(24)12-16)30-17-13-22(2,3)14-17/h1,6-7,12,15,17H,8-11,13-14H2,2-4H3,(H,27,28). The van der Waals surface area contributed by atoms with E-state index in [-0.39, 0.29) is 17.4 Å². The molecule has 0 aromatic heterocycles. The minimum atomic E-state index is -1.53. The molecule has 1 N–H and O–H groups in total. The van der Waals surface area contributed by atoms with E-state index in [9.17, 15) is 14.7 Å². The van der Waals surface area contributed by atoms with Crippen molar-refractivity contribution in [1.29, 1.82) is 0 Å². The van der Waals surface area contributed by atoms with Crippen LogP contribution in [0.3, 0.4) is 0 Å². The second-order valence-electron chi connectivity index (χ2n) is 9.05. The highest BCUT2D eigenvalue weighted by Crippen LogP contribution is 2.44. The van der Waals surface area contributed by atoms with Crippen LogP contribution >= 0.6 is 11.6 Å². The zero-order valence-corrected chi connectivity index (χ0v) is 18.4. The molecule has 1 unspecified atom stereocenters. The fourth-order valence-corrected chi connectivity index (χ4v) is 4.75. The highest BCUT2D eigenvalue weighted by atomic mass is 35.5. The van der Waals surface area contributed by atoms with Gasteiger partial charge in [-0.15, -0.1) is 6.42 Å². The average molecular weight is 434 g/mol. The van der Waals surface area contributed by atoms with Gasteiger partial charge in [0, 0.05) is 18.9 Å². The van der Waals surface area contributed by atoms with Gasteiger partial charge in [-0.3, -0.25) is 9.69 Å². The Morgan fingerprint density at radius 1 is 1.33 bits per heavy atom. The molecule has 1 aliphatic carbocycles. The van der Waals surface area contributed by atoms with Crippen LogP contribution in [-0.4, -0.2) is 41.8 Å². The molecule has 1 saturated carbocycles. The normalized spacial score (nSPS) is 21.0. The molecule has 1 amide bonds. The number of carboxylic acids is 1. The largest absolute Gasteiger partial charge is 0.489 e. The molecular weight excluding hydrogens is 406 g/mol. The first kappa shape index (κ1) is 22.5. The number of amides is 1. The van der Waals surface area contributed by atoms with E-state index in [1.807, 2.05) is 0 Å². The van der Waals surface area contributed by atoms with Crippen LogP contribution < -0.4 is 9.64 Å². The van der Waals surface area contributed by atoms with Crippen molar-refractivity contribution in [2.24, 2.45) is 11.3 Å². The minimum absolute atomic E-state index is 0.0957. The molecule has 3 rings (SSSR count). The Balaban J connectivity index is 1.93. The Labute approximate surface area is 182 Å². The van der Waals surface area contributed by atoms with E-state index in [2.05, 4.69) is 19.8 Å². The van der Waals surface area contributed by atoms with Crippen molar-refractivity contribution >= 4 is 29.2 Å². The molecule has 1 aliphatic heterocycles. The summed E-state index contributed by atoms with van der Waals surface area (Å²) in [4.78, 5) is 26.3. The highest BCUT2D eigenvalue weighted by molar-refractivity contribution is 6.32. The Kier molecular flexibility index (Phi) is 6.35. The van der Waals surface area contributed by atoms with Crippen LogP contribution in [0, 0.1) is 23.7 Å². The first-order chi connectivity index (χ1) is 14.1. The van der Waals surface area contributed by atoms with Crippen molar-refractivity contribution in [3.63, 3.8) is 0 Å². The van der Waals surface area contributed by atoms with Gasteiger partial charge in [-0.2, -0.15) is 0 Å². The maximum atomic E-state index is 12.7. The number of halogens is 1. The summed E-state index contributed by atoms with van der Waals surface area (Å²) in [6, 6.07) is 4.86. The second kappa shape index (κ2) is 8.49. The number of hydrogen-bond acceptors (Lipinski definition) is 4. The fraction of sp³-hybridized carbons (Fsp3) is 0.565. The summed E-state index contributed by atoms with van der Waals surface area (Å²) in [6.07, 6.45) is 8.41. The molecule has 7 heteroatoms. The van der Waals surface area contributed by atoms with Gasteiger partial charge >= 0.3 is 11.9 Å². The van der Waals surface area contributed by atoms with Crippen molar-refractivity contribution < 1.29 is 24.2 Å². The molecule has 2 fully saturated rings. The van der Waals surface area contributed by atoms with Crippen LogP contribution in [0.2, 0.25) is 5.02 Å². The van der Waals surface area contributed by atoms with E-state index < -0.39 is 17.4 Å². The first-order valence-corrected chi connectivity index (χ1v) is 10.5. The number of rotatable bonds is 6. The van der Waals surface area contributed by atoms with Crippen LogP contribution in [0.25, 0.3) is 0 Å². The zero-order valence-electron chi connectivity index (χ0n) is 17.6. The predicted octanol–water partition coefficient (Wildman–Crippen LogP) is 4.14. The van der Waals surface area contributed by atoms with Gasteiger partial charge in [0.2, 0.25) is 0 Å². The molecule has 1 aromatic rings. The summed E-state index contributed by atoms with van der Waals surface area (Å²) in [6.45, 7) is 6.79. The SMILES string of the molecule is C#CC(=O)N(c1ccc(OC2CC(C)(C)C2)c(Cl)c1)C(C)(C(=O)O)C1CCOCC1. The Morgan fingerprint density at radius 3 is 2.47 bits per heavy atom. The summed E-state index contributed by atoms with van der Waals surface area (Å²) >= 11 is 6.45. The third-order valence-corrected chi connectivity index (χ3v) is 6.56. The maximum absolute atomic E-state index is 12.7. The van der Waals surface area contributed by atoms with Gasteiger partial charge in [0.1, 0.15) is 11.3 Å². The van der Waals surface area contributed by atoms with Crippen molar-refractivity contribution in [3.05, 3.63) is 23.2 Å². The molecule has 6 nitrogen and oxygen atoms in total. The molecule has 1 saturated heterocycles. The Morgan fingerprint density at radius 2 is 1.97 bits per heavy atom. The van der Waals surface area contributed by atoms with E-state index in [1.165, 1.54) is 11.8 Å². The first-order valence-electron chi connectivity index (χ1n) is 10.2. The maximum Gasteiger partial charge on any atom is 0.330 e. The van der Waals surface area contributed by atoms with Gasteiger partial charge in [-0.1, -0.05) is 25.4 Å². The third kappa shape index (κ3) is 4.28. The lowest BCUT2D eigenvalue weighted by atomic mass is 9.70. The molecule has 0 radical (unpaired) electrons. The van der Waals surface area contributed by atoms with Crippen molar-refractivity contribution in [2.45, 2.75) is 58.1 Å². The second-order valence-corrected chi connectivity index (χ2v) is 9.46. The summed E-state index contributed by atoms with van der Waals surface area (Å²) in [5.41, 5.74) is -0.933. The number of carboxylic acid groups (broad SMARTS) is 1. The minimum Gasteiger partial charge on any atom is -0.489 e. The fourth-order valence-electron chi connectivity index (χ4n) is 4.53. The lowest BCUT2D eigenvalue weighted by molar-refractivity contribution is -0.148. The number of anilines is 1. The molecule has 1 aromatic carbocycles. The monoisotopic (exact) mass is 433 g/mol. The van der Waals surface area contributed by atoms with Crippen molar-refractivity contribution in [1.82, 2.24) is 0 Å². The van der Waals surface area contributed by atoms with E-state index in [0.29, 0.717) is 42.5 Å². The molecule has 0 bridgehead atoms. The molecule has 30 heavy (non-hydrogen) atoms. The van der Waals surface area contributed by atoms with Crippen molar-refractivity contribution in [3.8, 4) is 18.1 Å². The van der Waals surface area contributed by atoms with Crippen LogP contribution in [0.4, 0.5) is 5.69 Å². The van der Waals surface area contributed by atoms with E-state index in [0.717, 1.165) is 12.8 Å². The smallest absolute Gasteiger partial charge is 0.330 e. The molecule has 0 spiro atoms. The van der Waals surface area contributed by atoms with Gasteiger partial charge in [-0.25, -0.2) is 4.79 Å². The number of carbonyl (C=O) groups is 2. The van der Waals surface area contributed by atoms with Gasteiger partial charge in [0.05, 0.1) is 11.1 Å². The number of nitrogens with zero attached hydrogens (tertiary/aromatic N) is 1.